The number of amides is 1. The highest BCUT2D eigenvalue weighted by atomic mass is 16.4. The second-order valence-electron chi connectivity index (χ2n) is 4.45. The van der Waals surface area contributed by atoms with Crippen LogP contribution in [0.15, 0.2) is 12.4 Å². The van der Waals surface area contributed by atoms with Crippen LogP contribution in [0.1, 0.15) is 24.8 Å². The van der Waals surface area contributed by atoms with Crippen LogP contribution in [0.25, 0.3) is 5.53 Å². The molecule has 1 aromatic rings. The molecule has 0 fully saturated rings. The molecule has 0 radical (unpaired) electrons. The summed E-state index contributed by atoms with van der Waals surface area (Å²) in [4.78, 5) is 40.4. The third kappa shape index (κ3) is 4.62. The van der Waals surface area contributed by atoms with E-state index in [9.17, 15) is 19.5 Å². The van der Waals surface area contributed by atoms with Crippen molar-refractivity contribution in [3.05, 3.63) is 23.7 Å². The van der Waals surface area contributed by atoms with Gasteiger partial charge in [-0.15, -0.1) is 0 Å². The number of hydrogen-bond donors (Lipinski definition) is 3. The van der Waals surface area contributed by atoms with Gasteiger partial charge < -0.3 is 25.6 Å². The average molecular weight is 309 g/mol. The Morgan fingerprint density at radius 1 is 1.55 bits per heavy atom. The second-order valence-corrected chi connectivity index (χ2v) is 4.45. The first-order chi connectivity index (χ1) is 10.4. The van der Waals surface area contributed by atoms with Gasteiger partial charge in [0.25, 0.3) is 5.91 Å². The van der Waals surface area contributed by atoms with Crippen molar-refractivity contribution >= 4 is 23.9 Å². The number of nitrogens with zero attached hydrogens (tertiary/aromatic N) is 4. The van der Waals surface area contributed by atoms with Gasteiger partial charge in [0.15, 0.2) is 6.10 Å². The predicted octanol–water partition coefficient (Wildman–Crippen LogP) is -1.33. The monoisotopic (exact) mass is 309 g/mol. The number of carboxylic acid groups (broad SMARTS) is 1. The summed E-state index contributed by atoms with van der Waals surface area (Å²) in [5, 5.41) is 21.0. The van der Waals surface area contributed by atoms with Crippen molar-refractivity contribution in [2.45, 2.75) is 25.0 Å². The first kappa shape index (κ1) is 17.2. The molecule has 10 nitrogen and oxygen atoms in total. The molecule has 0 saturated carbocycles. The van der Waals surface area contributed by atoms with Crippen LogP contribution in [0, 0.1) is 0 Å². The minimum Gasteiger partial charge on any atom is -0.480 e. The standard InChI is InChI=1S/C12H15N5O5/c1-17-5-4-14-10(17)9(19)11(20)16-8(12(21)22)3-2-7(18)6-15-13/h4-6,8-9,19H,2-3H2,1H3,(H,16,20)(H,21,22)/t8-,9+/m0/s1. The van der Waals surface area contributed by atoms with Gasteiger partial charge >= 0.3 is 12.2 Å². The van der Waals surface area contributed by atoms with Gasteiger partial charge in [-0.3, -0.25) is 9.59 Å². The van der Waals surface area contributed by atoms with E-state index in [0.29, 0.717) is 6.21 Å². The summed E-state index contributed by atoms with van der Waals surface area (Å²) in [6, 6.07) is -1.36. The predicted molar refractivity (Wildman–Crippen MR) is 71.7 cm³/mol. The third-order valence-electron chi connectivity index (χ3n) is 2.85. The number of rotatable bonds is 8. The maximum atomic E-state index is 11.8. The van der Waals surface area contributed by atoms with Crippen LogP contribution in [0.5, 0.6) is 0 Å². The number of nitrogens with one attached hydrogen (secondary N) is 1. The van der Waals surface area contributed by atoms with Crippen LogP contribution in [-0.2, 0) is 21.4 Å². The molecule has 22 heavy (non-hydrogen) atoms. The number of aromatic nitrogens is 2. The van der Waals surface area contributed by atoms with Crippen LogP contribution in [0.2, 0.25) is 0 Å². The van der Waals surface area contributed by atoms with Crippen molar-refractivity contribution in [3.63, 3.8) is 0 Å². The lowest BCUT2D eigenvalue weighted by atomic mass is 10.1. The van der Waals surface area contributed by atoms with Crippen molar-refractivity contribution in [2.75, 3.05) is 0 Å². The fraction of sp³-hybridized carbons (Fsp3) is 0.417. The summed E-state index contributed by atoms with van der Waals surface area (Å²) in [5.74, 6) is -2.82. The number of aryl methyl sites for hydroxylation is 1. The number of ketones is 1. The lowest BCUT2D eigenvalue weighted by molar-refractivity contribution is -0.144. The smallest absolute Gasteiger partial charge is 0.326 e. The molecule has 0 bridgehead atoms. The zero-order valence-electron chi connectivity index (χ0n) is 11.7. The molecule has 0 unspecified atom stereocenters. The number of aliphatic hydroxyl groups is 1. The van der Waals surface area contributed by atoms with Crippen LogP contribution < -0.4 is 5.32 Å². The largest absolute Gasteiger partial charge is 0.480 e. The summed E-state index contributed by atoms with van der Waals surface area (Å²) in [6.45, 7) is 0. The van der Waals surface area contributed by atoms with Gasteiger partial charge in [0.05, 0.1) is 0 Å². The minimum absolute atomic E-state index is 0.0603. The number of imidazole rings is 1. The lowest BCUT2D eigenvalue weighted by Gasteiger charge is -2.16. The Bertz CT molecular complexity index is 619. The molecule has 0 aliphatic carbocycles. The molecule has 3 N–H and O–H groups in total. The van der Waals surface area contributed by atoms with Gasteiger partial charge in [-0.05, 0) is 6.42 Å². The Morgan fingerprint density at radius 3 is 2.73 bits per heavy atom. The molecule has 10 heteroatoms. The Kier molecular flexibility index (Phi) is 6.11. The molecule has 1 heterocycles. The molecule has 2 atom stereocenters. The van der Waals surface area contributed by atoms with Crippen molar-refractivity contribution in [3.8, 4) is 0 Å². The van der Waals surface area contributed by atoms with Gasteiger partial charge in [0.1, 0.15) is 11.9 Å². The van der Waals surface area contributed by atoms with E-state index in [1.165, 1.54) is 17.0 Å². The van der Waals surface area contributed by atoms with Crippen LogP contribution in [0.3, 0.4) is 0 Å². The zero-order valence-corrected chi connectivity index (χ0v) is 11.7. The van der Waals surface area contributed by atoms with E-state index in [-0.39, 0.29) is 18.7 Å². The highest BCUT2D eigenvalue weighted by molar-refractivity contribution is 6.25. The van der Waals surface area contributed by atoms with Gasteiger partial charge in [-0.1, -0.05) is 0 Å². The molecular weight excluding hydrogens is 294 g/mol. The number of aliphatic carboxylic acids is 1. The summed E-state index contributed by atoms with van der Waals surface area (Å²) >= 11 is 0. The molecule has 0 aliphatic rings. The van der Waals surface area contributed by atoms with E-state index >= 15 is 0 Å². The number of carboxylic acids is 1. The van der Waals surface area contributed by atoms with Gasteiger partial charge in [-0.25, -0.2) is 9.78 Å². The Labute approximate surface area is 125 Å². The number of hydrogen-bond acceptors (Lipinski definition) is 5. The quantitative estimate of drug-likeness (QED) is 0.306. The second kappa shape index (κ2) is 7.81. The number of aliphatic hydroxyl groups excluding tert-OH is 1. The van der Waals surface area contributed by atoms with Crippen LogP contribution in [0.4, 0.5) is 0 Å². The number of carbonyl (C=O) groups excluding carboxylic acids is 2. The average Bonchev–Trinajstić information content (AvgIpc) is 2.88. The number of carbonyl (C=O) groups is 3. The maximum absolute atomic E-state index is 11.8. The Morgan fingerprint density at radius 2 is 2.23 bits per heavy atom. The summed E-state index contributed by atoms with van der Waals surface area (Å²) in [5.41, 5.74) is 8.18. The van der Waals surface area contributed by atoms with Gasteiger partial charge in [0.2, 0.25) is 5.78 Å². The fourth-order valence-electron chi connectivity index (χ4n) is 1.68. The van der Waals surface area contributed by atoms with E-state index in [1.807, 2.05) is 0 Å². The molecule has 1 aromatic heterocycles. The topological polar surface area (TPSA) is 158 Å². The molecule has 0 spiro atoms. The van der Waals surface area contributed by atoms with E-state index in [2.05, 4.69) is 15.1 Å². The molecular formula is C12H15N5O5. The third-order valence-corrected chi connectivity index (χ3v) is 2.85. The van der Waals surface area contributed by atoms with Crippen LogP contribution in [-0.4, -0.2) is 54.5 Å². The fourth-order valence-corrected chi connectivity index (χ4v) is 1.68. The zero-order chi connectivity index (χ0) is 16.7. The van der Waals surface area contributed by atoms with E-state index in [1.54, 1.807) is 7.05 Å². The summed E-state index contributed by atoms with van der Waals surface area (Å²) < 4.78 is 1.42. The molecule has 1 rings (SSSR count). The summed E-state index contributed by atoms with van der Waals surface area (Å²) in [7, 11) is 1.57. The Hall–Kier alpha value is -2.84. The highest BCUT2D eigenvalue weighted by Gasteiger charge is 2.27. The lowest BCUT2D eigenvalue weighted by Crippen LogP contribution is -2.43. The van der Waals surface area contributed by atoms with Crippen molar-refractivity contribution in [1.82, 2.24) is 14.9 Å². The van der Waals surface area contributed by atoms with E-state index in [0.717, 1.165) is 0 Å². The maximum Gasteiger partial charge on any atom is 0.326 e. The minimum atomic E-state index is -1.63. The SMILES string of the molecule is Cn1ccnc1[C@@H](O)C(=O)N[C@@H](CCC(=O)C=[N+]=[N-])C(=O)O. The van der Waals surface area contributed by atoms with Crippen molar-refractivity contribution < 1.29 is 29.4 Å². The highest BCUT2D eigenvalue weighted by Crippen LogP contribution is 2.10. The van der Waals surface area contributed by atoms with E-state index < -0.39 is 29.8 Å². The molecule has 1 amide bonds. The van der Waals surface area contributed by atoms with Gasteiger partial charge in [0, 0.05) is 25.9 Å². The van der Waals surface area contributed by atoms with Crippen LogP contribution >= 0.6 is 0 Å². The first-order valence-electron chi connectivity index (χ1n) is 6.25. The molecule has 0 aliphatic heterocycles. The summed E-state index contributed by atoms with van der Waals surface area (Å²) in [6.07, 6.45) is 1.47. The Balaban J connectivity index is 2.68. The van der Waals surface area contributed by atoms with Gasteiger partial charge in [-0.2, -0.15) is 4.79 Å². The number of Topliss-reactive ketones (excluding diaryl/α,β-unsaturated/α-hetero) is 1. The molecule has 118 valence electrons. The van der Waals surface area contributed by atoms with Crippen molar-refractivity contribution in [1.29, 1.82) is 0 Å². The first-order valence-corrected chi connectivity index (χ1v) is 6.25. The van der Waals surface area contributed by atoms with E-state index in [4.69, 9.17) is 10.6 Å². The molecule has 0 saturated heterocycles. The molecule has 0 aromatic carbocycles. The normalized spacial score (nSPS) is 12.8. The van der Waals surface area contributed by atoms with Crippen molar-refractivity contribution in [2.24, 2.45) is 7.05 Å².